The lowest BCUT2D eigenvalue weighted by Crippen LogP contribution is -2.20. The summed E-state index contributed by atoms with van der Waals surface area (Å²) >= 11 is 1.02. The van der Waals surface area contributed by atoms with Crippen molar-refractivity contribution >= 4 is 28.4 Å². The third-order valence-corrected chi connectivity index (χ3v) is 3.21. The molecule has 20 heavy (non-hydrogen) atoms. The van der Waals surface area contributed by atoms with Gasteiger partial charge >= 0.3 is 6.03 Å². The molecule has 1 aromatic heterocycles. The fourth-order valence-corrected chi connectivity index (χ4v) is 2.08. The summed E-state index contributed by atoms with van der Waals surface area (Å²) in [6, 6.07) is 7.61. The first-order valence-corrected chi connectivity index (χ1v) is 7.02. The van der Waals surface area contributed by atoms with Gasteiger partial charge in [-0.25, -0.2) is 4.79 Å². The minimum absolute atomic E-state index is 0.287. The predicted molar refractivity (Wildman–Crippen MR) is 78.9 cm³/mol. The highest BCUT2D eigenvalue weighted by molar-refractivity contribution is 7.09. The molecule has 1 heterocycles. The Morgan fingerprint density at radius 1 is 1.30 bits per heavy atom. The number of amides is 2. The summed E-state index contributed by atoms with van der Waals surface area (Å²) in [7, 11) is 0. The highest BCUT2D eigenvalue weighted by Crippen LogP contribution is 2.16. The molecule has 3 N–H and O–H groups in total. The summed E-state index contributed by atoms with van der Waals surface area (Å²) in [4.78, 5) is 11.7. The Morgan fingerprint density at radius 2 is 2.05 bits per heavy atom. The van der Waals surface area contributed by atoms with E-state index in [1.807, 2.05) is 24.3 Å². The van der Waals surface area contributed by atoms with Gasteiger partial charge in [0.25, 0.3) is 0 Å². The minimum atomic E-state index is -0.365. The fraction of sp³-hybridized carbons (Fsp3) is 0.333. The first kappa shape index (κ1) is 14.4. The van der Waals surface area contributed by atoms with Crippen molar-refractivity contribution in [1.29, 1.82) is 0 Å². The molecule has 0 aliphatic rings. The molecule has 1 unspecified atom stereocenters. The van der Waals surface area contributed by atoms with Gasteiger partial charge in [0.05, 0.1) is 0 Å². The van der Waals surface area contributed by atoms with Crippen LogP contribution in [-0.2, 0) is 0 Å². The van der Waals surface area contributed by atoms with Crippen molar-refractivity contribution in [3.63, 3.8) is 0 Å². The van der Waals surface area contributed by atoms with E-state index in [9.17, 15) is 4.79 Å². The first-order chi connectivity index (χ1) is 9.69. The van der Waals surface area contributed by atoms with Gasteiger partial charge < -0.3 is 10.6 Å². The number of hydrogen-bond donors (Lipinski definition) is 3. The second-order valence-corrected chi connectivity index (χ2v) is 4.88. The van der Waals surface area contributed by atoms with Crippen LogP contribution in [0.15, 0.2) is 24.3 Å². The molecule has 1 aromatic carbocycles. The zero-order chi connectivity index (χ0) is 14.4. The van der Waals surface area contributed by atoms with Crippen LogP contribution in [0.3, 0.4) is 0 Å². The molecule has 106 valence electrons. The summed E-state index contributed by atoms with van der Waals surface area (Å²) in [5.74, 6) is 0. The van der Waals surface area contributed by atoms with Gasteiger partial charge in [0.15, 0.2) is 0 Å². The maximum atomic E-state index is 11.7. The molecular weight excluding hydrogens is 276 g/mol. The van der Waals surface area contributed by atoms with Crippen LogP contribution in [0.4, 0.5) is 15.6 Å². The van der Waals surface area contributed by atoms with Crippen molar-refractivity contribution < 1.29 is 4.79 Å². The number of nitrogens with one attached hydrogen (secondary N) is 3. The molecule has 0 saturated carbocycles. The van der Waals surface area contributed by atoms with Crippen molar-refractivity contribution in [2.75, 3.05) is 17.2 Å². The number of urea groups is 1. The van der Waals surface area contributed by atoms with Crippen molar-refractivity contribution in [2.24, 2.45) is 0 Å². The van der Waals surface area contributed by atoms with Crippen LogP contribution in [0, 0.1) is 0 Å². The normalized spacial score (nSPS) is 11.9. The largest absolute Gasteiger partial charge is 0.325 e. The van der Waals surface area contributed by atoms with Crippen LogP contribution in [0.2, 0.25) is 0 Å². The molecule has 0 aliphatic carbocycles. The number of carbonyl (C=O) groups excluding carboxylic acids is 1. The Balaban J connectivity index is 1.91. The van der Waals surface area contributed by atoms with E-state index in [0.717, 1.165) is 18.1 Å². The molecule has 7 nitrogen and oxygen atoms in total. The fourth-order valence-electron chi connectivity index (χ4n) is 1.72. The quantitative estimate of drug-likeness (QED) is 0.786. The maximum absolute atomic E-state index is 11.7. The highest BCUT2D eigenvalue weighted by atomic mass is 32.1. The zero-order valence-electron chi connectivity index (χ0n) is 11.3. The third kappa shape index (κ3) is 3.97. The Bertz CT molecular complexity index is 542. The molecule has 0 radical (unpaired) electrons. The van der Waals surface area contributed by atoms with Crippen LogP contribution in [0.25, 0.3) is 0 Å². The van der Waals surface area contributed by atoms with Crippen molar-refractivity contribution in [2.45, 2.75) is 19.9 Å². The Hall–Kier alpha value is -2.06. The lowest BCUT2D eigenvalue weighted by atomic mass is 10.1. The molecule has 8 heteroatoms. The van der Waals surface area contributed by atoms with E-state index in [4.69, 9.17) is 0 Å². The van der Waals surface area contributed by atoms with E-state index in [1.165, 1.54) is 5.56 Å². The summed E-state index contributed by atoms with van der Waals surface area (Å²) in [5.41, 5.74) is 1.89. The lowest BCUT2D eigenvalue weighted by molar-refractivity contribution is 0.262. The topological polar surface area (TPSA) is 91.8 Å². The second-order valence-electron chi connectivity index (χ2n) is 4.15. The second kappa shape index (κ2) is 6.92. The van der Waals surface area contributed by atoms with Gasteiger partial charge in [-0.05, 0) is 36.4 Å². The molecule has 0 bridgehead atoms. The number of hydrogen-bond acceptors (Lipinski definition) is 6. The maximum Gasteiger partial charge on any atom is 0.325 e. The van der Waals surface area contributed by atoms with Gasteiger partial charge in [-0.1, -0.05) is 28.6 Å². The van der Waals surface area contributed by atoms with E-state index in [2.05, 4.69) is 44.6 Å². The number of benzene rings is 1. The van der Waals surface area contributed by atoms with Gasteiger partial charge in [0, 0.05) is 23.3 Å². The van der Waals surface area contributed by atoms with E-state index < -0.39 is 0 Å². The van der Waals surface area contributed by atoms with E-state index in [-0.39, 0.29) is 12.1 Å². The van der Waals surface area contributed by atoms with Crippen LogP contribution in [0.1, 0.15) is 25.5 Å². The molecule has 0 saturated heterocycles. The molecule has 2 rings (SSSR count). The van der Waals surface area contributed by atoms with Crippen LogP contribution >= 0.6 is 11.5 Å². The number of nitrogens with zero attached hydrogens (tertiary/aromatic N) is 3. The standard InChI is InChI=1S/C12H16N6OS/c1-3-13-8(2)9-4-6-10(7-5-9)14-11(19)15-12-16-17-18-20-12/h4-8,13H,3H2,1-2H3,(H2,14,15,16,18,19). The monoisotopic (exact) mass is 292 g/mol. The number of carbonyl (C=O) groups is 1. The van der Waals surface area contributed by atoms with Crippen molar-refractivity contribution in [1.82, 2.24) is 20.1 Å². The summed E-state index contributed by atoms with van der Waals surface area (Å²) in [6.45, 7) is 5.08. The van der Waals surface area contributed by atoms with Gasteiger partial charge in [0.2, 0.25) is 5.13 Å². The SMILES string of the molecule is CCNC(C)c1ccc(NC(=O)Nc2nnns2)cc1. The van der Waals surface area contributed by atoms with Crippen molar-refractivity contribution in [3.05, 3.63) is 29.8 Å². The van der Waals surface area contributed by atoms with E-state index in [1.54, 1.807) is 0 Å². The van der Waals surface area contributed by atoms with Crippen LogP contribution < -0.4 is 16.0 Å². The molecule has 1 atom stereocenters. The van der Waals surface area contributed by atoms with Gasteiger partial charge in [-0.2, -0.15) is 0 Å². The average molecular weight is 292 g/mol. The average Bonchev–Trinajstić information content (AvgIpc) is 2.92. The van der Waals surface area contributed by atoms with E-state index in [0.29, 0.717) is 10.8 Å². The number of aromatic nitrogens is 3. The van der Waals surface area contributed by atoms with Crippen LogP contribution in [0.5, 0.6) is 0 Å². The lowest BCUT2D eigenvalue weighted by Gasteiger charge is -2.13. The molecule has 0 aliphatic heterocycles. The Kier molecular flexibility index (Phi) is 4.97. The summed E-state index contributed by atoms with van der Waals surface area (Å²) < 4.78 is 3.56. The molecule has 2 aromatic rings. The molecule has 0 spiro atoms. The van der Waals surface area contributed by atoms with Gasteiger partial charge in [0.1, 0.15) is 0 Å². The third-order valence-electron chi connectivity index (χ3n) is 2.70. The first-order valence-electron chi connectivity index (χ1n) is 6.25. The molecule has 0 fully saturated rings. The Morgan fingerprint density at radius 3 is 2.65 bits per heavy atom. The van der Waals surface area contributed by atoms with Gasteiger partial charge in [-0.3, -0.25) is 5.32 Å². The predicted octanol–water partition coefficient (Wildman–Crippen LogP) is 2.25. The smallest absolute Gasteiger partial charge is 0.310 e. The number of rotatable bonds is 5. The molecular formula is C12H16N6OS. The summed E-state index contributed by atoms with van der Waals surface area (Å²) in [5, 5.41) is 16.0. The minimum Gasteiger partial charge on any atom is -0.310 e. The van der Waals surface area contributed by atoms with Crippen LogP contribution in [-0.4, -0.2) is 27.4 Å². The molecule has 2 amide bonds. The zero-order valence-corrected chi connectivity index (χ0v) is 12.1. The van der Waals surface area contributed by atoms with E-state index >= 15 is 0 Å². The summed E-state index contributed by atoms with van der Waals surface area (Å²) in [6.07, 6.45) is 0. The van der Waals surface area contributed by atoms with Gasteiger partial charge in [-0.15, -0.1) is 0 Å². The van der Waals surface area contributed by atoms with Crippen molar-refractivity contribution in [3.8, 4) is 0 Å². The highest BCUT2D eigenvalue weighted by Gasteiger charge is 2.07. The Labute approximate surface area is 121 Å². The number of anilines is 2.